The SMILES string of the molecule is O[C@@H]1CCC[C@H]1Nc1ccc(C(F)(F)F)cc1. The standard InChI is InChI=1S/C12H14F3NO/c13-12(14,15)8-4-6-9(7-5-8)16-10-2-1-3-11(10)17/h4-7,10-11,16-17H,1-3H2/t10-,11-/m1/s1. The van der Waals surface area contributed by atoms with Crippen molar-refractivity contribution in [3.63, 3.8) is 0 Å². The molecule has 0 radical (unpaired) electrons. The zero-order valence-electron chi connectivity index (χ0n) is 9.17. The van der Waals surface area contributed by atoms with Gasteiger partial charge < -0.3 is 10.4 Å². The summed E-state index contributed by atoms with van der Waals surface area (Å²) >= 11 is 0. The van der Waals surface area contributed by atoms with E-state index in [2.05, 4.69) is 5.32 Å². The number of aliphatic hydroxyl groups excluding tert-OH is 1. The molecule has 2 N–H and O–H groups in total. The topological polar surface area (TPSA) is 32.3 Å². The van der Waals surface area contributed by atoms with Gasteiger partial charge >= 0.3 is 6.18 Å². The fourth-order valence-corrected chi connectivity index (χ4v) is 2.08. The van der Waals surface area contributed by atoms with E-state index in [9.17, 15) is 18.3 Å². The molecular formula is C12H14F3NO. The Kier molecular flexibility index (Phi) is 3.28. The second kappa shape index (κ2) is 4.56. The largest absolute Gasteiger partial charge is 0.416 e. The van der Waals surface area contributed by atoms with Gasteiger partial charge in [-0.05, 0) is 43.5 Å². The molecule has 0 amide bonds. The predicted octanol–water partition coefficient (Wildman–Crippen LogP) is 3.03. The maximum atomic E-state index is 12.3. The van der Waals surface area contributed by atoms with Crippen LogP contribution in [0.5, 0.6) is 0 Å². The number of hydrogen-bond donors (Lipinski definition) is 2. The zero-order chi connectivity index (χ0) is 12.5. The monoisotopic (exact) mass is 245 g/mol. The van der Waals surface area contributed by atoms with Gasteiger partial charge in [0.1, 0.15) is 0 Å². The van der Waals surface area contributed by atoms with Gasteiger partial charge in [0.2, 0.25) is 0 Å². The molecule has 2 rings (SSSR count). The summed E-state index contributed by atoms with van der Waals surface area (Å²) in [7, 11) is 0. The molecule has 1 fully saturated rings. The molecule has 0 heterocycles. The van der Waals surface area contributed by atoms with Crippen LogP contribution in [0.15, 0.2) is 24.3 Å². The highest BCUT2D eigenvalue weighted by Gasteiger charge is 2.30. The van der Waals surface area contributed by atoms with Gasteiger partial charge in [0.15, 0.2) is 0 Å². The average molecular weight is 245 g/mol. The molecule has 17 heavy (non-hydrogen) atoms. The number of aliphatic hydroxyl groups is 1. The van der Waals surface area contributed by atoms with Crippen LogP contribution in [0.3, 0.4) is 0 Å². The van der Waals surface area contributed by atoms with Crippen LogP contribution in [-0.2, 0) is 6.18 Å². The molecule has 94 valence electrons. The number of halogens is 3. The molecule has 1 aliphatic carbocycles. The van der Waals surface area contributed by atoms with Gasteiger partial charge in [0.25, 0.3) is 0 Å². The Morgan fingerprint density at radius 1 is 1.12 bits per heavy atom. The predicted molar refractivity (Wildman–Crippen MR) is 58.7 cm³/mol. The highest BCUT2D eigenvalue weighted by Crippen LogP contribution is 2.30. The number of rotatable bonds is 2. The van der Waals surface area contributed by atoms with Gasteiger partial charge in [-0.2, -0.15) is 13.2 Å². The van der Waals surface area contributed by atoms with Crippen LogP contribution in [0.2, 0.25) is 0 Å². The lowest BCUT2D eigenvalue weighted by Crippen LogP contribution is -2.27. The summed E-state index contributed by atoms with van der Waals surface area (Å²) in [6.07, 6.45) is -2.16. The minimum absolute atomic E-state index is 0.0493. The van der Waals surface area contributed by atoms with Gasteiger partial charge in [-0.25, -0.2) is 0 Å². The fraction of sp³-hybridized carbons (Fsp3) is 0.500. The van der Waals surface area contributed by atoms with Crippen molar-refractivity contribution in [1.82, 2.24) is 0 Å². The third kappa shape index (κ3) is 2.91. The van der Waals surface area contributed by atoms with Crippen molar-refractivity contribution in [3.05, 3.63) is 29.8 Å². The summed E-state index contributed by atoms with van der Waals surface area (Å²) in [5.41, 5.74) is -0.0426. The van der Waals surface area contributed by atoms with Crippen molar-refractivity contribution in [2.75, 3.05) is 5.32 Å². The minimum atomic E-state index is -4.30. The number of benzene rings is 1. The van der Waals surface area contributed by atoms with Crippen LogP contribution >= 0.6 is 0 Å². The number of nitrogens with one attached hydrogen (secondary N) is 1. The first-order valence-corrected chi connectivity index (χ1v) is 5.59. The first kappa shape index (κ1) is 12.2. The Morgan fingerprint density at radius 3 is 2.24 bits per heavy atom. The lowest BCUT2D eigenvalue weighted by atomic mass is 10.1. The number of anilines is 1. The second-order valence-corrected chi connectivity index (χ2v) is 4.32. The minimum Gasteiger partial charge on any atom is -0.391 e. The molecule has 2 nitrogen and oxygen atoms in total. The maximum Gasteiger partial charge on any atom is 0.416 e. The molecule has 1 aromatic rings. The van der Waals surface area contributed by atoms with E-state index in [1.165, 1.54) is 12.1 Å². The Morgan fingerprint density at radius 2 is 1.76 bits per heavy atom. The molecule has 1 saturated carbocycles. The quantitative estimate of drug-likeness (QED) is 0.839. The Hall–Kier alpha value is -1.23. The third-order valence-corrected chi connectivity index (χ3v) is 3.04. The van der Waals surface area contributed by atoms with E-state index in [4.69, 9.17) is 0 Å². The summed E-state index contributed by atoms with van der Waals surface area (Å²) < 4.78 is 37.0. The van der Waals surface area contributed by atoms with E-state index in [1.807, 2.05) is 0 Å². The molecule has 1 aliphatic rings. The smallest absolute Gasteiger partial charge is 0.391 e. The molecule has 0 spiro atoms. The lowest BCUT2D eigenvalue weighted by molar-refractivity contribution is -0.137. The Bertz CT molecular complexity index is 374. The lowest BCUT2D eigenvalue weighted by Gasteiger charge is -2.18. The van der Waals surface area contributed by atoms with Crippen LogP contribution in [0.4, 0.5) is 18.9 Å². The summed E-state index contributed by atoms with van der Waals surface area (Å²) in [5, 5.41) is 12.6. The van der Waals surface area contributed by atoms with Gasteiger partial charge in [0, 0.05) is 5.69 Å². The molecule has 0 bridgehead atoms. The van der Waals surface area contributed by atoms with Crippen LogP contribution in [0.1, 0.15) is 24.8 Å². The first-order chi connectivity index (χ1) is 7.97. The molecular weight excluding hydrogens is 231 g/mol. The average Bonchev–Trinajstić information content (AvgIpc) is 2.64. The van der Waals surface area contributed by atoms with Gasteiger partial charge in [-0.15, -0.1) is 0 Å². The maximum absolute atomic E-state index is 12.3. The van der Waals surface area contributed by atoms with Gasteiger partial charge in [0.05, 0.1) is 17.7 Å². The van der Waals surface area contributed by atoms with E-state index >= 15 is 0 Å². The third-order valence-electron chi connectivity index (χ3n) is 3.04. The van der Waals surface area contributed by atoms with Crippen molar-refractivity contribution in [2.24, 2.45) is 0 Å². The second-order valence-electron chi connectivity index (χ2n) is 4.32. The highest BCUT2D eigenvalue weighted by molar-refractivity contribution is 5.46. The Balaban J connectivity index is 2.03. The molecule has 0 aromatic heterocycles. The van der Waals surface area contributed by atoms with Crippen molar-refractivity contribution in [2.45, 2.75) is 37.6 Å². The number of hydrogen-bond acceptors (Lipinski definition) is 2. The fourth-order valence-electron chi connectivity index (χ4n) is 2.08. The summed E-state index contributed by atoms with van der Waals surface area (Å²) in [4.78, 5) is 0. The molecule has 0 saturated heterocycles. The summed E-state index contributed by atoms with van der Waals surface area (Å²) in [6.45, 7) is 0. The van der Waals surface area contributed by atoms with E-state index < -0.39 is 17.8 Å². The Labute approximate surface area is 97.5 Å². The van der Waals surface area contributed by atoms with Gasteiger partial charge in [-0.1, -0.05) is 0 Å². The van der Waals surface area contributed by atoms with Crippen molar-refractivity contribution >= 4 is 5.69 Å². The normalized spacial score (nSPS) is 24.9. The van der Waals surface area contributed by atoms with E-state index in [0.717, 1.165) is 31.4 Å². The van der Waals surface area contributed by atoms with Crippen molar-refractivity contribution in [1.29, 1.82) is 0 Å². The number of alkyl halides is 3. The van der Waals surface area contributed by atoms with Crippen LogP contribution in [0.25, 0.3) is 0 Å². The van der Waals surface area contributed by atoms with E-state index in [0.29, 0.717) is 5.69 Å². The van der Waals surface area contributed by atoms with E-state index in [1.54, 1.807) is 0 Å². The molecule has 2 atom stereocenters. The molecule has 0 unspecified atom stereocenters. The highest BCUT2D eigenvalue weighted by atomic mass is 19.4. The van der Waals surface area contributed by atoms with Gasteiger partial charge in [-0.3, -0.25) is 0 Å². The van der Waals surface area contributed by atoms with Crippen molar-refractivity contribution < 1.29 is 18.3 Å². The van der Waals surface area contributed by atoms with Crippen molar-refractivity contribution in [3.8, 4) is 0 Å². The summed E-state index contributed by atoms with van der Waals surface area (Å²) in [6, 6.07) is 4.83. The summed E-state index contributed by atoms with van der Waals surface area (Å²) in [5.74, 6) is 0. The van der Waals surface area contributed by atoms with Crippen LogP contribution < -0.4 is 5.32 Å². The van der Waals surface area contributed by atoms with Crippen LogP contribution in [-0.4, -0.2) is 17.3 Å². The van der Waals surface area contributed by atoms with Crippen LogP contribution in [0, 0.1) is 0 Å². The zero-order valence-corrected chi connectivity index (χ0v) is 9.17. The molecule has 5 heteroatoms. The molecule has 0 aliphatic heterocycles. The first-order valence-electron chi connectivity index (χ1n) is 5.59. The molecule has 1 aromatic carbocycles. The van der Waals surface area contributed by atoms with E-state index in [-0.39, 0.29) is 6.04 Å².